The van der Waals surface area contributed by atoms with Gasteiger partial charge in [-0.15, -0.1) is 0 Å². The third kappa shape index (κ3) is 2.98. The highest BCUT2D eigenvalue weighted by molar-refractivity contribution is 5.79. The van der Waals surface area contributed by atoms with Crippen LogP contribution in [0.15, 0.2) is 78.6 Å². The molecule has 6 nitrogen and oxygen atoms in total. The Labute approximate surface area is 138 Å². The lowest BCUT2D eigenvalue weighted by Gasteiger charge is -2.01. The number of hydrogen-bond acceptors (Lipinski definition) is 5. The molecule has 0 aliphatic carbocycles. The van der Waals surface area contributed by atoms with Crippen molar-refractivity contribution >= 4 is 17.7 Å². The van der Waals surface area contributed by atoms with Crippen LogP contribution in [0.4, 0.5) is 5.69 Å². The van der Waals surface area contributed by atoms with Gasteiger partial charge in [0, 0.05) is 36.5 Å². The highest BCUT2D eigenvalue weighted by Gasteiger charge is 2.04. The second-order valence-corrected chi connectivity index (χ2v) is 5.18. The highest BCUT2D eigenvalue weighted by atomic mass is 15.3. The Morgan fingerprint density at radius 2 is 1.83 bits per heavy atom. The van der Waals surface area contributed by atoms with Gasteiger partial charge in [-0.05, 0) is 35.9 Å². The molecule has 4 aromatic rings. The molecule has 0 aliphatic rings. The van der Waals surface area contributed by atoms with E-state index in [4.69, 9.17) is 0 Å². The van der Waals surface area contributed by atoms with E-state index < -0.39 is 0 Å². The summed E-state index contributed by atoms with van der Waals surface area (Å²) in [5.74, 6) is 0.691. The van der Waals surface area contributed by atoms with Gasteiger partial charge in [-0.3, -0.25) is 14.8 Å². The lowest BCUT2D eigenvalue weighted by molar-refractivity contribution is 1.11. The van der Waals surface area contributed by atoms with Gasteiger partial charge in [0.25, 0.3) is 0 Å². The zero-order valence-electron chi connectivity index (χ0n) is 12.7. The first kappa shape index (κ1) is 14.1. The maximum Gasteiger partial charge on any atom is 0.234 e. The van der Waals surface area contributed by atoms with Gasteiger partial charge in [0.2, 0.25) is 5.78 Å². The van der Waals surface area contributed by atoms with E-state index in [1.54, 1.807) is 24.8 Å². The molecule has 3 heterocycles. The van der Waals surface area contributed by atoms with Gasteiger partial charge in [0.15, 0.2) is 0 Å². The molecule has 0 amide bonds. The van der Waals surface area contributed by atoms with Crippen molar-refractivity contribution in [2.24, 2.45) is 5.10 Å². The Morgan fingerprint density at radius 1 is 1.00 bits per heavy atom. The SMILES string of the molecule is C(=N\Nc1ccc(-c2cn3cccnc3n2)cc1)/c1ccncc1. The molecule has 24 heavy (non-hydrogen) atoms. The molecule has 6 heteroatoms. The maximum absolute atomic E-state index is 4.51. The summed E-state index contributed by atoms with van der Waals surface area (Å²) in [6.45, 7) is 0. The average molecular weight is 314 g/mol. The van der Waals surface area contributed by atoms with Crippen LogP contribution in [-0.4, -0.2) is 25.6 Å². The number of fused-ring (bicyclic) bond motifs is 1. The minimum absolute atomic E-state index is 0.691. The van der Waals surface area contributed by atoms with E-state index in [0.717, 1.165) is 22.5 Å². The van der Waals surface area contributed by atoms with Gasteiger partial charge < -0.3 is 0 Å². The number of nitrogens with one attached hydrogen (secondary N) is 1. The summed E-state index contributed by atoms with van der Waals surface area (Å²) >= 11 is 0. The molecule has 0 unspecified atom stereocenters. The molecule has 0 aliphatic heterocycles. The third-order valence-electron chi connectivity index (χ3n) is 3.53. The molecule has 0 fully saturated rings. The van der Waals surface area contributed by atoms with Crippen LogP contribution in [0.2, 0.25) is 0 Å². The average Bonchev–Trinajstić information content (AvgIpc) is 3.07. The number of rotatable bonds is 4. The monoisotopic (exact) mass is 314 g/mol. The van der Waals surface area contributed by atoms with Crippen molar-refractivity contribution in [2.75, 3.05) is 5.43 Å². The van der Waals surface area contributed by atoms with Crippen molar-refractivity contribution in [2.45, 2.75) is 0 Å². The van der Waals surface area contributed by atoms with E-state index in [2.05, 4.69) is 25.5 Å². The first-order valence-corrected chi connectivity index (χ1v) is 7.48. The highest BCUT2D eigenvalue weighted by Crippen LogP contribution is 2.20. The van der Waals surface area contributed by atoms with Crippen LogP contribution in [0.3, 0.4) is 0 Å². The normalized spacial score (nSPS) is 11.2. The first-order chi connectivity index (χ1) is 11.9. The van der Waals surface area contributed by atoms with E-state index in [-0.39, 0.29) is 0 Å². The molecule has 0 spiro atoms. The van der Waals surface area contributed by atoms with Crippen LogP contribution in [-0.2, 0) is 0 Å². The van der Waals surface area contributed by atoms with Crippen molar-refractivity contribution in [3.8, 4) is 11.3 Å². The van der Waals surface area contributed by atoms with E-state index in [1.165, 1.54) is 0 Å². The minimum Gasteiger partial charge on any atom is -0.291 e. The quantitative estimate of drug-likeness (QED) is 0.464. The predicted molar refractivity (Wildman–Crippen MR) is 93.9 cm³/mol. The second kappa shape index (κ2) is 6.29. The summed E-state index contributed by atoms with van der Waals surface area (Å²) in [6, 6.07) is 13.6. The molecule has 0 saturated heterocycles. The molecule has 0 radical (unpaired) electrons. The van der Waals surface area contributed by atoms with Crippen molar-refractivity contribution < 1.29 is 0 Å². The minimum atomic E-state index is 0.691. The molecule has 1 N–H and O–H groups in total. The van der Waals surface area contributed by atoms with Gasteiger partial charge >= 0.3 is 0 Å². The topological polar surface area (TPSA) is 67.5 Å². The molecule has 1 aromatic carbocycles. The molecule has 116 valence electrons. The third-order valence-corrected chi connectivity index (χ3v) is 3.53. The van der Waals surface area contributed by atoms with E-state index in [1.807, 2.05) is 59.3 Å². The predicted octanol–water partition coefficient (Wildman–Crippen LogP) is 3.24. The van der Waals surface area contributed by atoms with Crippen LogP contribution in [0.1, 0.15) is 5.56 Å². The second-order valence-electron chi connectivity index (χ2n) is 5.18. The molecule has 0 bridgehead atoms. The van der Waals surface area contributed by atoms with Crippen molar-refractivity contribution in [1.29, 1.82) is 0 Å². The zero-order chi connectivity index (χ0) is 16.2. The van der Waals surface area contributed by atoms with E-state index >= 15 is 0 Å². The number of aromatic nitrogens is 4. The number of nitrogens with zero attached hydrogens (tertiary/aromatic N) is 5. The fourth-order valence-electron chi connectivity index (χ4n) is 2.32. The number of imidazole rings is 1. The molecular formula is C18H14N6. The summed E-state index contributed by atoms with van der Waals surface area (Å²) in [6.07, 6.45) is 10.9. The van der Waals surface area contributed by atoms with Gasteiger partial charge in [-0.2, -0.15) is 5.10 Å². The Morgan fingerprint density at radius 3 is 2.62 bits per heavy atom. The first-order valence-electron chi connectivity index (χ1n) is 7.48. The zero-order valence-corrected chi connectivity index (χ0v) is 12.7. The van der Waals surface area contributed by atoms with Crippen LogP contribution in [0.25, 0.3) is 17.0 Å². The van der Waals surface area contributed by atoms with Crippen molar-refractivity contribution in [3.63, 3.8) is 0 Å². The molecule has 3 aromatic heterocycles. The largest absolute Gasteiger partial charge is 0.291 e. The summed E-state index contributed by atoms with van der Waals surface area (Å²) in [7, 11) is 0. The molecule has 4 rings (SSSR count). The van der Waals surface area contributed by atoms with Crippen molar-refractivity contribution in [3.05, 3.63) is 79.0 Å². The number of benzene rings is 1. The molecule has 0 saturated carbocycles. The van der Waals surface area contributed by atoms with Crippen LogP contribution < -0.4 is 5.43 Å². The van der Waals surface area contributed by atoms with Crippen molar-refractivity contribution in [1.82, 2.24) is 19.4 Å². The number of hydrogen-bond donors (Lipinski definition) is 1. The summed E-state index contributed by atoms with van der Waals surface area (Å²) in [5.41, 5.74) is 6.83. The smallest absolute Gasteiger partial charge is 0.234 e. The lowest BCUT2D eigenvalue weighted by atomic mass is 10.1. The standard InChI is InChI=1S/C18H14N6/c1-8-20-18-22-17(13-24(18)11-1)15-2-4-16(5-3-15)23-21-12-14-6-9-19-10-7-14/h1-13,23H/b21-12+. The molecule has 0 atom stereocenters. The van der Waals surface area contributed by atoms with Gasteiger partial charge in [0.1, 0.15) is 0 Å². The van der Waals surface area contributed by atoms with Gasteiger partial charge in [-0.1, -0.05) is 12.1 Å². The number of anilines is 1. The lowest BCUT2D eigenvalue weighted by Crippen LogP contribution is -1.90. The van der Waals surface area contributed by atoms with Crippen LogP contribution in [0.5, 0.6) is 0 Å². The number of pyridine rings is 1. The van der Waals surface area contributed by atoms with E-state index in [0.29, 0.717) is 5.78 Å². The Hall–Kier alpha value is -3.54. The van der Waals surface area contributed by atoms with Gasteiger partial charge in [-0.25, -0.2) is 9.97 Å². The Kier molecular flexibility index (Phi) is 3.69. The van der Waals surface area contributed by atoms with E-state index in [9.17, 15) is 0 Å². The fourth-order valence-corrected chi connectivity index (χ4v) is 2.32. The summed E-state index contributed by atoms with van der Waals surface area (Å²) in [5, 5.41) is 4.22. The Bertz CT molecular complexity index is 940. The fraction of sp³-hybridized carbons (Fsp3) is 0. The Balaban J connectivity index is 1.49. The molecular weight excluding hydrogens is 300 g/mol. The van der Waals surface area contributed by atoms with Crippen LogP contribution in [0, 0.1) is 0 Å². The van der Waals surface area contributed by atoms with Gasteiger partial charge in [0.05, 0.1) is 17.6 Å². The summed E-state index contributed by atoms with van der Waals surface area (Å²) < 4.78 is 1.90. The maximum atomic E-state index is 4.51. The number of hydrazone groups is 1. The van der Waals surface area contributed by atoms with Crippen LogP contribution >= 0.6 is 0 Å². The summed E-state index contributed by atoms with van der Waals surface area (Å²) in [4.78, 5) is 12.7.